The minimum atomic E-state index is 0.433. The van der Waals surface area contributed by atoms with Crippen LogP contribution in [0.25, 0.3) is 27.7 Å². The van der Waals surface area contributed by atoms with Crippen molar-refractivity contribution < 1.29 is 4.74 Å². The molecule has 0 bridgehead atoms. The Kier molecular flexibility index (Phi) is 2.34. The van der Waals surface area contributed by atoms with Crippen molar-refractivity contribution in [3.8, 4) is 11.6 Å². The van der Waals surface area contributed by atoms with Gasteiger partial charge in [0.15, 0.2) is 5.65 Å². The number of para-hydroxylation sites is 1. The zero-order valence-electron chi connectivity index (χ0n) is 11.7. The normalized spacial score (nSPS) is 11.5. The highest BCUT2D eigenvalue weighted by Crippen LogP contribution is 2.31. The quantitative estimate of drug-likeness (QED) is 0.538. The van der Waals surface area contributed by atoms with Gasteiger partial charge in [-0.1, -0.05) is 18.2 Å². The molecule has 1 aromatic carbocycles. The Balaban J connectivity index is 1.87. The first kappa shape index (κ1) is 12.0. The molecular weight excluding hydrogens is 294 g/mol. The van der Waals surface area contributed by atoms with Gasteiger partial charge in [0.25, 0.3) is 5.78 Å². The van der Waals surface area contributed by atoms with E-state index in [1.807, 2.05) is 30.3 Å². The first-order valence-electron chi connectivity index (χ1n) is 6.94. The molecule has 0 aliphatic carbocycles. The second kappa shape index (κ2) is 4.47. The molecular formula is C15H9N7O. The lowest BCUT2D eigenvalue weighted by Gasteiger charge is -2.09. The Morgan fingerprint density at radius 2 is 1.91 bits per heavy atom. The van der Waals surface area contributed by atoms with Gasteiger partial charge in [0.05, 0.1) is 22.5 Å². The molecule has 0 aliphatic rings. The van der Waals surface area contributed by atoms with Crippen LogP contribution in [0, 0.1) is 0 Å². The highest BCUT2D eigenvalue weighted by atomic mass is 16.5. The Morgan fingerprint density at radius 3 is 2.83 bits per heavy atom. The largest absolute Gasteiger partial charge is 0.438 e. The molecule has 8 nitrogen and oxygen atoms in total. The van der Waals surface area contributed by atoms with Crippen molar-refractivity contribution in [1.29, 1.82) is 0 Å². The van der Waals surface area contributed by atoms with Gasteiger partial charge in [-0.15, -0.1) is 0 Å². The van der Waals surface area contributed by atoms with Crippen molar-refractivity contribution >= 4 is 27.7 Å². The fraction of sp³-hybridized carbons (Fsp3) is 0. The Labute approximate surface area is 128 Å². The summed E-state index contributed by atoms with van der Waals surface area (Å²) in [6.07, 6.45) is 4.86. The summed E-state index contributed by atoms with van der Waals surface area (Å²) in [4.78, 5) is 13.0. The molecule has 0 fully saturated rings. The topological polar surface area (TPSA) is 93.9 Å². The summed E-state index contributed by atoms with van der Waals surface area (Å²) < 4.78 is 7.59. The highest BCUT2D eigenvalue weighted by molar-refractivity contribution is 6.04. The molecule has 4 aromatic heterocycles. The van der Waals surface area contributed by atoms with Gasteiger partial charge >= 0.3 is 0 Å². The van der Waals surface area contributed by atoms with Crippen LogP contribution in [-0.2, 0) is 0 Å². The van der Waals surface area contributed by atoms with Crippen LogP contribution in [0.4, 0.5) is 0 Å². The summed E-state index contributed by atoms with van der Waals surface area (Å²) in [6, 6.07) is 9.46. The van der Waals surface area contributed by atoms with Crippen molar-refractivity contribution in [1.82, 2.24) is 34.8 Å². The standard InChI is InChI=1S/C15H9N7O/c1-2-4-9(5-3-1)23-14-11-6-16-13-10(7-18-21-13)12(11)22-15(20-14)17-8-19-22/h1-8H,(H,16,18,21). The first-order valence-corrected chi connectivity index (χ1v) is 6.94. The maximum atomic E-state index is 5.93. The molecule has 0 atom stereocenters. The average Bonchev–Trinajstić information content (AvgIpc) is 3.24. The van der Waals surface area contributed by atoms with Crippen LogP contribution >= 0.6 is 0 Å². The van der Waals surface area contributed by atoms with Crippen molar-refractivity contribution in [2.75, 3.05) is 0 Å². The molecule has 110 valence electrons. The summed E-state index contributed by atoms with van der Waals surface area (Å²) in [6.45, 7) is 0. The van der Waals surface area contributed by atoms with E-state index in [0.717, 1.165) is 16.3 Å². The summed E-state index contributed by atoms with van der Waals surface area (Å²) in [5.41, 5.74) is 1.48. The van der Waals surface area contributed by atoms with E-state index in [0.29, 0.717) is 23.1 Å². The van der Waals surface area contributed by atoms with Crippen LogP contribution in [0.1, 0.15) is 0 Å². The third-order valence-corrected chi connectivity index (χ3v) is 3.58. The number of H-pyrrole nitrogens is 1. The monoisotopic (exact) mass is 303 g/mol. The van der Waals surface area contributed by atoms with Gasteiger partial charge in [0, 0.05) is 6.20 Å². The maximum absolute atomic E-state index is 5.93. The van der Waals surface area contributed by atoms with E-state index in [4.69, 9.17) is 4.74 Å². The Morgan fingerprint density at radius 1 is 1.00 bits per heavy atom. The van der Waals surface area contributed by atoms with Gasteiger partial charge in [-0.2, -0.15) is 24.7 Å². The lowest BCUT2D eigenvalue weighted by molar-refractivity contribution is 0.469. The number of nitrogens with one attached hydrogen (secondary N) is 1. The molecule has 1 N–H and O–H groups in total. The SMILES string of the molecule is c1ccc(Oc2nc3ncnn3c3c2cnc2[nH]ncc23)cc1. The van der Waals surface area contributed by atoms with Gasteiger partial charge in [0.1, 0.15) is 12.1 Å². The molecule has 5 rings (SSSR count). The van der Waals surface area contributed by atoms with E-state index in [2.05, 4.69) is 30.2 Å². The zero-order valence-corrected chi connectivity index (χ0v) is 11.7. The average molecular weight is 303 g/mol. The molecule has 0 radical (unpaired) electrons. The smallest absolute Gasteiger partial charge is 0.256 e. The van der Waals surface area contributed by atoms with E-state index < -0.39 is 0 Å². The van der Waals surface area contributed by atoms with Crippen LogP contribution in [0.15, 0.2) is 49.1 Å². The molecule has 4 heterocycles. The molecule has 0 aliphatic heterocycles. The fourth-order valence-corrected chi connectivity index (χ4v) is 2.57. The number of aromatic nitrogens is 7. The fourth-order valence-electron chi connectivity index (χ4n) is 2.57. The number of fused-ring (bicyclic) bond motifs is 5. The number of benzene rings is 1. The maximum Gasteiger partial charge on any atom is 0.256 e. The lowest BCUT2D eigenvalue weighted by atomic mass is 10.2. The highest BCUT2D eigenvalue weighted by Gasteiger charge is 2.16. The number of rotatable bonds is 2. The number of aromatic amines is 1. The Bertz CT molecular complexity index is 1140. The number of hydrogen-bond acceptors (Lipinski definition) is 6. The van der Waals surface area contributed by atoms with E-state index >= 15 is 0 Å². The van der Waals surface area contributed by atoms with E-state index in [-0.39, 0.29) is 0 Å². The minimum absolute atomic E-state index is 0.433. The molecule has 0 amide bonds. The zero-order chi connectivity index (χ0) is 15.2. The van der Waals surface area contributed by atoms with Gasteiger partial charge in [-0.05, 0) is 12.1 Å². The molecule has 8 heteroatoms. The van der Waals surface area contributed by atoms with Crippen LogP contribution in [0.2, 0.25) is 0 Å². The molecule has 0 saturated heterocycles. The van der Waals surface area contributed by atoms with Crippen LogP contribution < -0.4 is 4.74 Å². The summed E-state index contributed by atoms with van der Waals surface area (Å²) in [5, 5.41) is 12.7. The van der Waals surface area contributed by atoms with Gasteiger partial charge < -0.3 is 4.74 Å². The van der Waals surface area contributed by atoms with Crippen molar-refractivity contribution in [3.63, 3.8) is 0 Å². The third-order valence-electron chi connectivity index (χ3n) is 3.58. The van der Waals surface area contributed by atoms with Gasteiger partial charge in [-0.3, -0.25) is 5.10 Å². The van der Waals surface area contributed by atoms with Crippen LogP contribution in [0.3, 0.4) is 0 Å². The molecule has 0 unspecified atom stereocenters. The van der Waals surface area contributed by atoms with E-state index in [9.17, 15) is 0 Å². The number of pyridine rings is 1. The number of ether oxygens (including phenoxy) is 1. The second-order valence-corrected chi connectivity index (χ2v) is 4.96. The first-order chi connectivity index (χ1) is 11.4. The summed E-state index contributed by atoms with van der Waals surface area (Å²) >= 11 is 0. The number of hydrogen-bond donors (Lipinski definition) is 1. The molecule has 0 saturated carbocycles. The predicted octanol–water partition coefficient (Wildman–Crippen LogP) is 2.34. The Hall–Kier alpha value is -3.55. The van der Waals surface area contributed by atoms with Crippen molar-refractivity contribution in [3.05, 3.63) is 49.1 Å². The molecule has 5 aromatic rings. The second-order valence-electron chi connectivity index (χ2n) is 4.96. The van der Waals surface area contributed by atoms with Crippen LogP contribution in [-0.4, -0.2) is 34.8 Å². The molecule has 23 heavy (non-hydrogen) atoms. The minimum Gasteiger partial charge on any atom is -0.438 e. The molecule has 0 spiro atoms. The summed E-state index contributed by atoms with van der Waals surface area (Å²) in [7, 11) is 0. The number of nitrogens with zero attached hydrogens (tertiary/aromatic N) is 6. The third kappa shape index (κ3) is 1.75. The van der Waals surface area contributed by atoms with Gasteiger partial charge in [0.2, 0.25) is 5.88 Å². The van der Waals surface area contributed by atoms with Gasteiger partial charge in [-0.25, -0.2) is 4.98 Å². The van der Waals surface area contributed by atoms with Crippen LogP contribution in [0.5, 0.6) is 11.6 Å². The summed E-state index contributed by atoms with van der Waals surface area (Å²) in [5.74, 6) is 1.58. The van der Waals surface area contributed by atoms with E-state index in [1.165, 1.54) is 6.33 Å². The van der Waals surface area contributed by atoms with E-state index in [1.54, 1.807) is 16.9 Å². The lowest BCUT2D eigenvalue weighted by Crippen LogP contribution is -1.99. The van der Waals surface area contributed by atoms with Crippen molar-refractivity contribution in [2.24, 2.45) is 0 Å². The van der Waals surface area contributed by atoms with Crippen molar-refractivity contribution in [2.45, 2.75) is 0 Å². The predicted molar refractivity (Wildman–Crippen MR) is 82.3 cm³/mol.